The first-order valence-corrected chi connectivity index (χ1v) is 19.0. The highest BCUT2D eigenvalue weighted by Crippen LogP contribution is 2.31. The van der Waals surface area contributed by atoms with Gasteiger partial charge in [0.25, 0.3) is 0 Å². The number of aliphatic hydroxyl groups is 1. The third-order valence-electron chi connectivity index (χ3n) is 10.1. The van der Waals surface area contributed by atoms with Gasteiger partial charge in [0.15, 0.2) is 5.82 Å². The Balaban J connectivity index is 1.06. The predicted molar refractivity (Wildman–Crippen MR) is 207 cm³/mol. The first-order valence-electron chi connectivity index (χ1n) is 18.1. The molecule has 2 fully saturated rings. The van der Waals surface area contributed by atoms with Crippen LogP contribution in [0.5, 0.6) is 0 Å². The van der Waals surface area contributed by atoms with Gasteiger partial charge in [-0.05, 0) is 48.6 Å². The second kappa shape index (κ2) is 16.2. The normalized spacial score (nSPS) is 19.0. The van der Waals surface area contributed by atoms with Crippen molar-refractivity contribution >= 4 is 40.6 Å². The summed E-state index contributed by atoms with van der Waals surface area (Å²) >= 11 is 1.57. The Morgan fingerprint density at radius 1 is 1.04 bits per heavy atom. The van der Waals surface area contributed by atoms with Crippen LogP contribution >= 0.6 is 11.3 Å². The molecule has 0 bridgehead atoms. The van der Waals surface area contributed by atoms with Gasteiger partial charge >= 0.3 is 0 Å². The lowest BCUT2D eigenvalue weighted by Crippen LogP contribution is -2.59. The number of benzene rings is 2. The maximum atomic E-state index is 14.4. The molecule has 2 aliphatic rings. The summed E-state index contributed by atoms with van der Waals surface area (Å²) in [5.74, 6) is -1.27. The molecule has 15 heteroatoms. The van der Waals surface area contributed by atoms with E-state index in [9.17, 15) is 23.9 Å². The van der Waals surface area contributed by atoms with Crippen LogP contribution in [0.1, 0.15) is 51.4 Å². The molecule has 13 nitrogen and oxygen atoms in total. The molecular weight excluding hydrogens is 710 g/mol. The van der Waals surface area contributed by atoms with Gasteiger partial charge in [-0.2, -0.15) is 0 Å². The maximum absolute atomic E-state index is 14.4. The third-order valence-corrected chi connectivity index (χ3v) is 11.1. The number of hydrogen-bond acceptors (Lipinski definition) is 11. The number of carbonyl (C=O) groups excluding carboxylic acids is 3. The number of rotatable bonds is 10. The van der Waals surface area contributed by atoms with E-state index in [4.69, 9.17) is 5.73 Å². The molecule has 0 saturated carbocycles. The number of nitrogens with two attached hydrogens (primary N) is 1. The number of thiazole rings is 1. The van der Waals surface area contributed by atoms with Crippen LogP contribution in [0.3, 0.4) is 0 Å². The number of anilines is 2. The molecule has 5 N–H and O–H groups in total. The van der Waals surface area contributed by atoms with Crippen molar-refractivity contribution in [3.63, 3.8) is 0 Å². The minimum atomic E-state index is -0.938. The number of β-amino-alcohol motifs (C(OH)–C–C–N with tert-alkyl or cyclic N) is 1. The molecule has 4 aromatic rings. The van der Waals surface area contributed by atoms with E-state index in [-0.39, 0.29) is 43.2 Å². The van der Waals surface area contributed by atoms with Crippen LogP contribution < -0.4 is 21.3 Å². The van der Waals surface area contributed by atoms with Gasteiger partial charge in [-0.1, -0.05) is 57.2 Å². The molecule has 0 radical (unpaired) electrons. The topological polar surface area (TPSA) is 170 Å². The van der Waals surface area contributed by atoms with Crippen LogP contribution in [0.15, 0.2) is 60.1 Å². The number of piperazine rings is 1. The zero-order chi connectivity index (χ0) is 38.7. The summed E-state index contributed by atoms with van der Waals surface area (Å²) in [6, 6.07) is 13.8. The Morgan fingerprint density at radius 3 is 2.39 bits per heavy atom. The van der Waals surface area contributed by atoms with Gasteiger partial charge in [0.1, 0.15) is 17.9 Å². The van der Waals surface area contributed by atoms with Gasteiger partial charge < -0.3 is 31.3 Å². The SMILES string of the molecule is Cc1ncsc1-c1ccc([C@H](C)NC(=O)[C@@H]2C[C@@H](O)CN2C(=O)[C@@H](NC(=O)CN2CCN(c3cc(-c4ccccc4F)nnc3N)CC2)C(C)(C)C)cc1. The number of aliphatic hydroxyl groups excluding tert-OH is 1. The zero-order valence-corrected chi connectivity index (χ0v) is 32.1. The number of nitrogens with one attached hydrogen (secondary N) is 2. The second-order valence-corrected chi connectivity index (χ2v) is 16.0. The molecule has 2 aliphatic heterocycles. The van der Waals surface area contributed by atoms with Crippen molar-refractivity contribution in [3.05, 3.63) is 77.2 Å². The van der Waals surface area contributed by atoms with Gasteiger partial charge in [0.2, 0.25) is 17.7 Å². The van der Waals surface area contributed by atoms with Gasteiger partial charge in [0.05, 0.1) is 46.2 Å². The summed E-state index contributed by atoms with van der Waals surface area (Å²) in [6.45, 7) is 11.6. The van der Waals surface area contributed by atoms with Crippen molar-refractivity contribution in [3.8, 4) is 21.7 Å². The van der Waals surface area contributed by atoms with E-state index in [0.717, 1.165) is 21.7 Å². The van der Waals surface area contributed by atoms with Crippen molar-refractivity contribution in [1.29, 1.82) is 0 Å². The molecule has 4 heterocycles. The molecule has 2 aromatic heterocycles. The van der Waals surface area contributed by atoms with Crippen LogP contribution in [0.2, 0.25) is 0 Å². The highest BCUT2D eigenvalue weighted by Gasteiger charge is 2.45. The molecular formula is C39H48FN9O4S. The lowest BCUT2D eigenvalue weighted by Gasteiger charge is -2.38. The monoisotopic (exact) mass is 757 g/mol. The van der Waals surface area contributed by atoms with Gasteiger partial charge in [-0.25, -0.2) is 9.37 Å². The van der Waals surface area contributed by atoms with Crippen molar-refractivity contribution in [2.24, 2.45) is 5.41 Å². The van der Waals surface area contributed by atoms with E-state index in [1.807, 2.05) is 74.2 Å². The molecule has 2 aromatic carbocycles. The van der Waals surface area contributed by atoms with Crippen LogP contribution in [0, 0.1) is 18.2 Å². The van der Waals surface area contributed by atoms with E-state index in [1.54, 1.807) is 35.6 Å². The molecule has 0 unspecified atom stereocenters. The number of nitrogen functional groups attached to an aromatic ring is 1. The average molecular weight is 758 g/mol. The predicted octanol–water partition coefficient (Wildman–Crippen LogP) is 3.79. The fourth-order valence-electron chi connectivity index (χ4n) is 7.02. The zero-order valence-electron chi connectivity index (χ0n) is 31.3. The summed E-state index contributed by atoms with van der Waals surface area (Å²) < 4.78 is 14.4. The largest absolute Gasteiger partial charge is 0.391 e. The maximum Gasteiger partial charge on any atom is 0.246 e. The number of carbonyl (C=O) groups is 3. The quantitative estimate of drug-likeness (QED) is 0.187. The number of aryl methyl sites for hydroxylation is 1. The number of likely N-dealkylation sites (tertiary alicyclic amines) is 1. The first-order chi connectivity index (χ1) is 25.7. The molecule has 3 amide bonds. The van der Waals surface area contributed by atoms with Gasteiger partial charge in [-0.3, -0.25) is 19.3 Å². The Labute approximate surface area is 318 Å². The summed E-state index contributed by atoms with van der Waals surface area (Å²) in [4.78, 5) is 52.1. The number of nitrogens with zero attached hydrogens (tertiary/aromatic N) is 6. The summed E-state index contributed by atoms with van der Waals surface area (Å²) in [5.41, 5.74) is 11.6. The summed E-state index contributed by atoms with van der Waals surface area (Å²) in [5, 5.41) is 24.8. The molecule has 6 rings (SSSR count). The van der Waals surface area contributed by atoms with E-state index in [0.29, 0.717) is 43.1 Å². The molecule has 0 spiro atoms. The molecule has 54 heavy (non-hydrogen) atoms. The van der Waals surface area contributed by atoms with Crippen LogP contribution in [0.25, 0.3) is 21.7 Å². The van der Waals surface area contributed by atoms with Crippen molar-refractivity contribution in [1.82, 2.24) is 35.6 Å². The summed E-state index contributed by atoms with van der Waals surface area (Å²) in [7, 11) is 0. The Morgan fingerprint density at radius 2 is 1.74 bits per heavy atom. The summed E-state index contributed by atoms with van der Waals surface area (Å²) in [6.07, 6.45) is -0.774. The molecule has 0 aliphatic carbocycles. The minimum Gasteiger partial charge on any atom is -0.391 e. The third kappa shape index (κ3) is 8.69. The highest BCUT2D eigenvalue weighted by molar-refractivity contribution is 7.13. The lowest BCUT2D eigenvalue weighted by atomic mass is 9.85. The number of amides is 3. The van der Waals surface area contributed by atoms with Crippen molar-refractivity contribution in [2.75, 3.05) is 49.9 Å². The Kier molecular flexibility index (Phi) is 11.6. The number of aromatic nitrogens is 3. The van der Waals surface area contributed by atoms with Gasteiger partial charge in [0, 0.05) is 44.7 Å². The number of halogens is 1. The first kappa shape index (κ1) is 38.7. The fourth-order valence-corrected chi connectivity index (χ4v) is 7.83. The Hall–Kier alpha value is -4.99. The van der Waals surface area contributed by atoms with E-state index < -0.39 is 35.3 Å². The van der Waals surface area contributed by atoms with Crippen LogP contribution in [-0.4, -0.2) is 105 Å². The van der Waals surface area contributed by atoms with E-state index in [2.05, 4.69) is 25.8 Å². The highest BCUT2D eigenvalue weighted by atomic mass is 32.1. The smallest absolute Gasteiger partial charge is 0.246 e. The average Bonchev–Trinajstić information content (AvgIpc) is 3.76. The van der Waals surface area contributed by atoms with Gasteiger partial charge in [-0.15, -0.1) is 21.5 Å². The van der Waals surface area contributed by atoms with E-state index in [1.165, 1.54) is 11.0 Å². The van der Waals surface area contributed by atoms with Crippen molar-refractivity contribution in [2.45, 2.75) is 65.3 Å². The molecule has 286 valence electrons. The minimum absolute atomic E-state index is 0.00969. The van der Waals surface area contributed by atoms with E-state index >= 15 is 0 Å². The lowest BCUT2D eigenvalue weighted by molar-refractivity contribution is -0.144. The molecule has 2 saturated heterocycles. The standard InChI is InChI=1S/C39H48FN9O4S/c1-23(25-10-12-26(13-11-25)34-24(2)42-22-54-34)43-37(52)32-18-27(50)20-49(32)38(53)35(39(3,4)5)44-33(51)21-47-14-16-48(17-15-47)31-19-30(45-46-36(31)41)28-8-6-7-9-29(28)40/h6-13,19,22-23,27,32,35,50H,14-18,20-21H2,1-5H3,(H2,41,46)(H,43,52)(H,44,51)/t23-,27+,32-,35+/m0/s1. The Bertz CT molecular complexity index is 1980. The van der Waals surface area contributed by atoms with Crippen LogP contribution in [0.4, 0.5) is 15.9 Å². The fraction of sp³-hybridized carbons (Fsp3) is 0.436. The second-order valence-electron chi connectivity index (χ2n) is 15.1. The number of hydrogen-bond donors (Lipinski definition) is 4. The molecule has 4 atom stereocenters. The van der Waals surface area contributed by atoms with Crippen LogP contribution in [-0.2, 0) is 14.4 Å². The van der Waals surface area contributed by atoms with Crippen molar-refractivity contribution < 1.29 is 23.9 Å².